The summed E-state index contributed by atoms with van der Waals surface area (Å²) in [6.45, 7) is 17.1. The summed E-state index contributed by atoms with van der Waals surface area (Å²) in [5.41, 5.74) is 15.8. The van der Waals surface area contributed by atoms with Crippen LogP contribution >= 0.6 is 0 Å². The van der Waals surface area contributed by atoms with Crippen molar-refractivity contribution in [3.8, 4) is 61.9 Å². The number of benzene rings is 5. The number of rotatable bonds is 10. The molecule has 55 heavy (non-hydrogen) atoms. The molecule has 1 N–H and O–H groups in total. The number of hydrogen-bond donors (Lipinski definition) is 1. The van der Waals surface area contributed by atoms with Crippen LogP contribution in [0.4, 0.5) is 0 Å². The zero-order chi connectivity index (χ0) is 38.7. The fourth-order valence-electron chi connectivity index (χ4n) is 6.75. The molecule has 5 aromatic carbocycles. The molecule has 2 heterocycles. The predicted octanol–water partition coefficient (Wildman–Crippen LogP) is 13.8. The van der Waals surface area contributed by atoms with Crippen molar-refractivity contribution in [1.29, 1.82) is 0 Å². The number of aromatic nitrogens is 3. The van der Waals surface area contributed by atoms with Crippen LogP contribution in [0.2, 0.25) is 0 Å². The molecular formula is C50H50N4O. The van der Waals surface area contributed by atoms with Crippen LogP contribution in [0.1, 0.15) is 71.1 Å². The van der Waals surface area contributed by atoms with E-state index in [1.807, 2.05) is 50.3 Å². The first-order valence-corrected chi connectivity index (χ1v) is 19.3. The SMILES string of the molecule is C=C1/C=C\C=N/Oc2ccc(-c3cccc(-c4nc(-c5cccc(-c6cccc(-c7ccc(CCC)c(C(/C=C\CC)=C(C)C)c7)c6)c5)n[nH]4)c3)cc21.CC. The highest BCUT2D eigenvalue weighted by molar-refractivity contribution is 5.86. The number of hydrogen-bond acceptors (Lipinski definition) is 4. The molecule has 1 aliphatic rings. The van der Waals surface area contributed by atoms with E-state index in [4.69, 9.17) is 9.82 Å². The largest absolute Gasteiger partial charge is 0.356 e. The molecule has 276 valence electrons. The zero-order valence-electron chi connectivity index (χ0n) is 32.9. The lowest BCUT2D eigenvalue weighted by atomic mass is 9.89. The highest BCUT2D eigenvalue weighted by Gasteiger charge is 2.14. The van der Waals surface area contributed by atoms with E-state index >= 15 is 0 Å². The van der Waals surface area contributed by atoms with E-state index in [2.05, 4.69) is 147 Å². The van der Waals surface area contributed by atoms with Crippen LogP contribution in [0.15, 0.2) is 151 Å². The number of H-pyrrole nitrogens is 1. The zero-order valence-corrected chi connectivity index (χ0v) is 32.9. The number of aromatic amines is 1. The maximum absolute atomic E-state index is 5.56. The Morgan fingerprint density at radius 1 is 0.727 bits per heavy atom. The standard InChI is InChI=1S/C48H44N4O.C2H6/c1-6-8-21-43(32(3)4)45-31-39(23-22-34(45)13-7-2)36-16-9-15-35(27-36)37-17-10-19-41(28-37)47-50-48(52-51-47)42-20-11-18-38(29-42)40-24-25-46-44(30-40)33(5)14-12-26-49-53-46;1-2/h8-12,14-31H,5-7,13H2,1-4H3,(H,50,51,52);1-2H3/b14-12-,21-8-,49-26-;. The molecule has 0 fully saturated rings. The average Bonchev–Trinajstić information content (AvgIpc) is 3.72. The molecule has 0 unspecified atom stereocenters. The summed E-state index contributed by atoms with van der Waals surface area (Å²) in [4.78, 5) is 10.5. The molecule has 5 heteroatoms. The van der Waals surface area contributed by atoms with Crippen molar-refractivity contribution in [2.75, 3.05) is 0 Å². The van der Waals surface area contributed by atoms with Gasteiger partial charge in [0.25, 0.3) is 0 Å². The van der Waals surface area contributed by atoms with E-state index in [9.17, 15) is 0 Å². The fraction of sp³-hybridized carbons (Fsp3) is 0.180. The fourth-order valence-corrected chi connectivity index (χ4v) is 6.75. The minimum absolute atomic E-state index is 0.649. The topological polar surface area (TPSA) is 63.2 Å². The molecule has 5 nitrogen and oxygen atoms in total. The summed E-state index contributed by atoms with van der Waals surface area (Å²) >= 11 is 0. The Kier molecular flexibility index (Phi) is 12.7. The Morgan fingerprint density at radius 2 is 1.33 bits per heavy atom. The first-order chi connectivity index (χ1) is 26.9. The van der Waals surface area contributed by atoms with Crippen LogP contribution in [0.25, 0.3) is 67.3 Å². The Hall–Kier alpha value is -6.33. The van der Waals surface area contributed by atoms with Crippen molar-refractivity contribution in [3.05, 3.63) is 162 Å². The molecule has 7 rings (SSSR count). The molecular weight excluding hydrogens is 673 g/mol. The molecule has 0 amide bonds. The third-order valence-corrected chi connectivity index (χ3v) is 9.50. The summed E-state index contributed by atoms with van der Waals surface area (Å²) in [5, 5.41) is 11.8. The lowest BCUT2D eigenvalue weighted by molar-refractivity contribution is 0.343. The molecule has 0 bridgehead atoms. The quantitative estimate of drug-likeness (QED) is 0.143. The lowest BCUT2D eigenvalue weighted by Crippen LogP contribution is -1.95. The van der Waals surface area contributed by atoms with Gasteiger partial charge in [-0.3, -0.25) is 5.10 Å². The van der Waals surface area contributed by atoms with E-state index in [1.54, 1.807) is 6.21 Å². The van der Waals surface area contributed by atoms with Crippen LogP contribution < -0.4 is 4.84 Å². The normalized spacial score (nSPS) is 13.2. The third-order valence-electron chi connectivity index (χ3n) is 9.50. The van der Waals surface area contributed by atoms with Crippen LogP contribution in [-0.2, 0) is 6.42 Å². The number of fused-ring (bicyclic) bond motifs is 1. The average molecular weight is 723 g/mol. The van der Waals surface area contributed by atoms with Crippen LogP contribution in [-0.4, -0.2) is 21.4 Å². The second-order valence-electron chi connectivity index (χ2n) is 13.5. The number of allylic oxidation sites excluding steroid dienone is 7. The number of nitrogens with one attached hydrogen (secondary N) is 1. The van der Waals surface area contributed by atoms with Gasteiger partial charge in [-0.1, -0.05) is 142 Å². The molecule has 0 atom stereocenters. The van der Waals surface area contributed by atoms with Crippen molar-refractivity contribution in [2.24, 2.45) is 5.16 Å². The Bertz CT molecular complexity index is 2420. The van der Waals surface area contributed by atoms with Gasteiger partial charge in [0.1, 0.15) is 0 Å². The van der Waals surface area contributed by atoms with Gasteiger partial charge in [-0.2, -0.15) is 5.10 Å². The highest BCUT2D eigenvalue weighted by Crippen LogP contribution is 2.35. The number of aryl methyl sites for hydroxylation is 1. The van der Waals surface area contributed by atoms with E-state index in [0.717, 1.165) is 63.8 Å². The van der Waals surface area contributed by atoms with Crippen molar-refractivity contribution in [3.63, 3.8) is 0 Å². The van der Waals surface area contributed by atoms with Gasteiger partial charge < -0.3 is 4.84 Å². The van der Waals surface area contributed by atoms with Crippen LogP contribution in [0, 0.1) is 0 Å². The highest BCUT2D eigenvalue weighted by atomic mass is 16.6. The summed E-state index contributed by atoms with van der Waals surface area (Å²) in [6, 6.07) is 38.6. The monoisotopic (exact) mass is 722 g/mol. The Balaban J connectivity index is 0.00000253. The van der Waals surface area contributed by atoms with E-state index in [0.29, 0.717) is 17.4 Å². The van der Waals surface area contributed by atoms with Gasteiger partial charge in [-0.15, -0.1) is 0 Å². The van der Waals surface area contributed by atoms with Crippen molar-refractivity contribution in [1.82, 2.24) is 15.2 Å². The Labute approximate surface area is 326 Å². The summed E-state index contributed by atoms with van der Waals surface area (Å²) in [5.74, 6) is 2.03. The van der Waals surface area contributed by atoms with E-state index in [1.165, 1.54) is 33.4 Å². The molecule has 0 aliphatic carbocycles. The van der Waals surface area contributed by atoms with Gasteiger partial charge >= 0.3 is 0 Å². The predicted molar refractivity (Wildman–Crippen MR) is 234 cm³/mol. The van der Waals surface area contributed by atoms with Gasteiger partial charge in [0.15, 0.2) is 17.4 Å². The molecule has 0 saturated heterocycles. The molecule has 1 aliphatic heterocycles. The van der Waals surface area contributed by atoms with Crippen LogP contribution in [0.5, 0.6) is 5.75 Å². The van der Waals surface area contributed by atoms with Gasteiger partial charge in [-0.05, 0) is 125 Å². The van der Waals surface area contributed by atoms with Gasteiger partial charge in [0.05, 0.1) is 6.21 Å². The molecule has 0 radical (unpaired) electrons. The molecule has 1 aromatic heterocycles. The van der Waals surface area contributed by atoms with Gasteiger partial charge in [-0.25, -0.2) is 4.98 Å². The first kappa shape index (κ1) is 38.4. The third kappa shape index (κ3) is 8.90. The smallest absolute Gasteiger partial charge is 0.181 e. The number of nitrogens with zero attached hydrogens (tertiary/aromatic N) is 3. The maximum atomic E-state index is 5.56. The summed E-state index contributed by atoms with van der Waals surface area (Å²) in [7, 11) is 0. The maximum Gasteiger partial charge on any atom is 0.181 e. The molecule has 0 saturated carbocycles. The second-order valence-corrected chi connectivity index (χ2v) is 13.5. The minimum atomic E-state index is 0.649. The van der Waals surface area contributed by atoms with Crippen molar-refractivity contribution in [2.45, 2.75) is 60.8 Å². The van der Waals surface area contributed by atoms with E-state index in [-0.39, 0.29) is 0 Å². The summed E-state index contributed by atoms with van der Waals surface area (Å²) < 4.78 is 0. The van der Waals surface area contributed by atoms with Gasteiger partial charge in [0.2, 0.25) is 0 Å². The summed E-state index contributed by atoms with van der Waals surface area (Å²) in [6.07, 6.45) is 13.1. The van der Waals surface area contributed by atoms with Crippen LogP contribution in [0.3, 0.4) is 0 Å². The number of oxime groups is 1. The van der Waals surface area contributed by atoms with Gasteiger partial charge in [0, 0.05) is 16.7 Å². The molecule has 0 spiro atoms. The first-order valence-electron chi connectivity index (χ1n) is 19.3. The van der Waals surface area contributed by atoms with Crippen molar-refractivity contribution < 1.29 is 4.84 Å². The lowest BCUT2D eigenvalue weighted by Gasteiger charge is -2.15. The van der Waals surface area contributed by atoms with Crippen molar-refractivity contribution >= 4 is 17.4 Å². The van der Waals surface area contributed by atoms with E-state index < -0.39 is 0 Å². The minimum Gasteiger partial charge on any atom is -0.356 e. The molecule has 6 aromatic rings. The Morgan fingerprint density at radius 3 is 2.00 bits per heavy atom. The second kappa shape index (κ2) is 18.1.